The number of rotatable bonds is 3. The van der Waals surface area contributed by atoms with Crippen molar-refractivity contribution in [3.05, 3.63) is 0 Å². The molecule has 0 spiro atoms. The Labute approximate surface area is 108 Å². The van der Waals surface area contributed by atoms with Crippen molar-refractivity contribution in [2.45, 2.75) is 59.5 Å². The molecule has 0 aromatic rings. The van der Waals surface area contributed by atoms with Crippen LogP contribution in [0.25, 0.3) is 0 Å². The maximum absolute atomic E-state index is 11.9. The predicted molar refractivity (Wildman–Crippen MR) is 66.7 cm³/mol. The lowest BCUT2D eigenvalue weighted by Crippen LogP contribution is -2.39. The number of hydrogen-bond donors (Lipinski definition) is 0. The molecule has 0 atom stereocenters. The molecule has 1 rings (SSSR count). The number of carbonyl (C=O) groups excluding carboxylic acids is 2. The smallest absolute Gasteiger partial charge is 0.442 e. The van der Waals surface area contributed by atoms with Crippen LogP contribution in [-0.4, -0.2) is 29.3 Å². The molecule has 5 nitrogen and oxygen atoms in total. The highest BCUT2D eigenvalue weighted by atomic mass is 16.8. The number of carbonyl (C=O) groups is 2. The normalized spacial score (nSPS) is 16.9. The Morgan fingerprint density at radius 1 is 1.22 bits per heavy atom. The summed E-state index contributed by atoms with van der Waals surface area (Å²) in [6, 6.07) is 0. The van der Waals surface area contributed by atoms with Gasteiger partial charge >= 0.3 is 12.1 Å². The van der Waals surface area contributed by atoms with Crippen LogP contribution < -0.4 is 0 Å². The molecule has 104 valence electrons. The largest absolute Gasteiger partial charge is 0.443 e. The number of ether oxygens (including phenoxy) is 1. The monoisotopic (exact) mass is 257 g/mol. The lowest BCUT2D eigenvalue weighted by molar-refractivity contribution is -0.190. The Balaban J connectivity index is 2.57. The third-order valence-electron chi connectivity index (χ3n) is 3.04. The lowest BCUT2D eigenvalue weighted by Gasteiger charge is -2.26. The molecule has 0 saturated heterocycles. The first-order valence-electron chi connectivity index (χ1n) is 6.47. The van der Waals surface area contributed by atoms with Crippen molar-refractivity contribution < 1.29 is 19.2 Å². The van der Waals surface area contributed by atoms with Crippen molar-refractivity contribution >= 4 is 12.1 Å². The van der Waals surface area contributed by atoms with E-state index in [1.54, 1.807) is 27.7 Å². The predicted octanol–water partition coefficient (Wildman–Crippen LogP) is 2.89. The van der Waals surface area contributed by atoms with Gasteiger partial charge in [-0.15, -0.1) is 5.06 Å². The summed E-state index contributed by atoms with van der Waals surface area (Å²) >= 11 is 0. The lowest BCUT2D eigenvalue weighted by atomic mass is 10.1. The van der Waals surface area contributed by atoms with Gasteiger partial charge in [-0.25, -0.2) is 9.59 Å². The van der Waals surface area contributed by atoms with E-state index in [1.807, 2.05) is 6.92 Å². The van der Waals surface area contributed by atoms with Crippen LogP contribution in [0.15, 0.2) is 0 Å². The van der Waals surface area contributed by atoms with E-state index in [4.69, 9.17) is 9.57 Å². The highest BCUT2D eigenvalue weighted by Gasteiger charge is 2.50. The highest BCUT2D eigenvalue weighted by molar-refractivity contribution is 5.81. The van der Waals surface area contributed by atoms with Gasteiger partial charge in [0.1, 0.15) is 5.60 Å². The van der Waals surface area contributed by atoms with Crippen LogP contribution >= 0.6 is 0 Å². The standard InChI is InChI=1S/C13H23NO4/c1-6-13(8-9-13)10(15)18-14(7-2)11(16)17-12(3,4)5/h6-9H2,1-5H3. The molecule has 1 fully saturated rings. The van der Waals surface area contributed by atoms with Crippen molar-refractivity contribution in [3.8, 4) is 0 Å². The molecule has 5 heteroatoms. The Morgan fingerprint density at radius 3 is 2.11 bits per heavy atom. The molecule has 1 aliphatic rings. The Morgan fingerprint density at radius 2 is 1.78 bits per heavy atom. The van der Waals surface area contributed by atoms with Gasteiger partial charge in [-0.1, -0.05) is 6.92 Å². The first-order chi connectivity index (χ1) is 8.24. The number of nitrogens with zero attached hydrogens (tertiary/aromatic N) is 1. The molecule has 0 unspecified atom stereocenters. The summed E-state index contributed by atoms with van der Waals surface area (Å²) in [5, 5.41) is 0.989. The van der Waals surface area contributed by atoms with Crippen molar-refractivity contribution in [2.24, 2.45) is 5.41 Å². The average molecular weight is 257 g/mol. The van der Waals surface area contributed by atoms with E-state index in [9.17, 15) is 9.59 Å². The van der Waals surface area contributed by atoms with Crippen LogP contribution in [0.2, 0.25) is 0 Å². The van der Waals surface area contributed by atoms with E-state index in [0.29, 0.717) is 0 Å². The van der Waals surface area contributed by atoms with Gasteiger partial charge in [0.2, 0.25) is 0 Å². The molecule has 0 aromatic carbocycles. The fraction of sp³-hybridized carbons (Fsp3) is 0.846. The third-order valence-corrected chi connectivity index (χ3v) is 3.04. The number of hydrogen-bond acceptors (Lipinski definition) is 4. The topological polar surface area (TPSA) is 55.8 Å². The summed E-state index contributed by atoms with van der Waals surface area (Å²) in [4.78, 5) is 28.9. The second-order valence-electron chi connectivity index (χ2n) is 5.69. The van der Waals surface area contributed by atoms with Crippen LogP contribution in [0.1, 0.15) is 53.9 Å². The van der Waals surface area contributed by atoms with Gasteiger partial charge in [0.15, 0.2) is 0 Å². The zero-order valence-electron chi connectivity index (χ0n) is 11.9. The molecular weight excluding hydrogens is 234 g/mol. The van der Waals surface area contributed by atoms with E-state index >= 15 is 0 Å². The molecule has 0 heterocycles. The van der Waals surface area contributed by atoms with Crippen molar-refractivity contribution in [2.75, 3.05) is 6.54 Å². The average Bonchev–Trinajstić information content (AvgIpc) is 3.03. The van der Waals surface area contributed by atoms with Gasteiger partial charge in [-0.05, 0) is 47.0 Å². The van der Waals surface area contributed by atoms with Crippen molar-refractivity contribution in [1.29, 1.82) is 0 Å². The van der Waals surface area contributed by atoms with Crippen LogP contribution in [0.4, 0.5) is 4.79 Å². The highest BCUT2D eigenvalue weighted by Crippen LogP contribution is 2.49. The van der Waals surface area contributed by atoms with Gasteiger partial charge in [-0.3, -0.25) is 0 Å². The fourth-order valence-corrected chi connectivity index (χ4v) is 1.59. The van der Waals surface area contributed by atoms with E-state index < -0.39 is 11.7 Å². The maximum Gasteiger partial charge on any atom is 0.443 e. The molecule has 18 heavy (non-hydrogen) atoms. The summed E-state index contributed by atoms with van der Waals surface area (Å²) < 4.78 is 5.17. The molecule has 0 aliphatic heterocycles. The summed E-state index contributed by atoms with van der Waals surface area (Å²) in [6.07, 6.45) is 1.81. The van der Waals surface area contributed by atoms with Gasteiger partial charge in [0.25, 0.3) is 0 Å². The minimum absolute atomic E-state index is 0.278. The zero-order valence-corrected chi connectivity index (χ0v) is 11.9. The quantitative estimate of drug-likeness (QED) is 0.729. The Bertz CT molecular complexity index is 328. The second kappa shape index (κ2) is 5.16. The minimum Gasteiger partial charge on any atom is -0.442 e. The van der Waals surface area contributed by atoms with Crippen molar-refractivity contribution in [3.63, 3.8) is 0 Å². The van der Waals surface area contributed by atoms with Crippen LogP contribution in [0.3, 0.4) is 0 Å². The molecule has 1 saturated carbocycles. The first kappa shape index (κ1) is 14.8. The second-order valence-corrected chi connectivity index (χ2v) is 5.69. The molecule has 0 N–H and O–H groups in total. The Kier molecular flexibility index (Phi) is 4.24. The van der Waals surface area contributed by atoms with Gasteiger partial charge in [0.05, 0.1) is 12.0 Å². The molecule has 0 radical (unpaired) electrons. The minimum atomic E-state index is -0.620. The summed E-state index contributed by atoms with van der Waals surface area (Å²) in [5.74, 6) is -0.322. The van der Waals surface area contributed by atoms with Gasteiger partial charge in [0, 0.05) is 0 Å². The van der Waals surface area contributed by atoms with Crippen LogP contribution in [-0.2, 0) is 14.4 Å². The molecular formula is C13H23NO4. The number of hydroxylamine groups is 2. The molecule has 1 amide bonds. The van der Waals surface area contributed by atoms with Gasteiger partial charge in [-0.2, -0.15) is 0 Å². The summed E-state index contributed by atoms with van der Waals surface area (Å²) in [7, 11) is 0. The first-order valence-corrected chi connectivity index (χ1v) is 6.47. The van der Waals surface area contributed by atoms with E-state index in [-0.39, 0.29) is 17.9 Å². The fourth-order valence-electron chi connectivity index (χ4n) is 1.59. The van der Waals surface area contributed by atoms with E-state index in [1.165, 1.54) is 0 Å². The number of amides is 1. The third kappa shape index (κ3) is 3.62. The SMILES string of the molecule is CCN(OC(=O)C1(CC)CC1)C(=O)OC(C)(C)C. The Hall–Kier alpha value is -1.26. The van der Waals surface area contributed by atoms with Gasteiger partial charge < -0.3 is 9.57 Å². The molecule has 1 aliphatic carbocycles. The maximum atomic E-state index is 11.9. The van der Waals surface area contributed by atoms with E-state index in [0.717, 1.165) is 24.3 Å². The van der Waals surface area contributed by atoms with Crippen molar-refractivity contribution in [1.82, 2.24) is 5.06 Å². The van der Waals surface area contributed by atoms with Crippen LogP contribution in [0.5, 0.6) is 0 Å². The molecule has 0 bridgehead atoms. The summed E-state index contributed by atoms with van der Waals surface area (Å²) in [6.45, 7) is 9.29. The van der Waals surface area contributed by atoms with Crippen LogP contribution in [0, 0.1) is 5.41 Å². The molecule has 0 aromatic heterocycles. The van der Waals surface area contributed by atoms with E-state index in [2.05, 4.69) is 0 Å². The summed E-state index contributed by atoms with van der Waals surface area (Å²) in [5.41, 5.74) is -0.964. The zero-order chi connectivity index (χ0) is 14.0.